The Labute approximate surface area is 177 Å². The van der Waals surface area contributed by atoms with Gasteiger partial charge in [0.15, 0.2) is 11.5 Å². The van der Waals surface area contributed by atoms with Gasteiger partial charge in [-0.05, 0) is 48.0 Å². The van der Waals surface area contributed by atoms with Crippen LogP contribution in [0.25, 0.3) is 0 Å². The monoisotopic (exact) mass is 430 g/mol. The second kappa shape index (κ2) is 9.32. The number of nitrogens with one attached hydrogen (secondary N) is 1. The standard InChI is InChI=1S/C21H16Cl2N2O4/c22-15-7-6-14(17(23)10-15)12-29-20-4-2-1-3-16(20)21(28)25-24-11-13-5-8-18(26)19(27)9-13/h1-11,26-27H,12H2,(H,25,28)/b24-11-. The highest BCUT2D eigenvalue weighted by Gasteiger charge is 2.12. The lowest BCUT2D eigenvalue weighted by Gasteiger charge is -2.11. The number of nitrogens with zero attached hydrogens (tertiary/aromatic N) is 1. The summed E-state index contributed by atoms with van der Waals surface area (Å²) in [6.07, 6.45) is 1.34. The summed E-state index contributed by atoms with van der Waals surface area (Å²) in [4.78, 5) is 12.5. The molecule has 0 saturated heterocycles. The number of carbonyl (C=O) groups excluding carboxylic acids is 1. The molecule has 8 heteroatoms. The van der Waals surface area contributed by atoms with E-state index in [-0.39, 0.29) is 18.1 Å². The topological polar surface area (TPSA) is 91.2 Å². The minimum Gasteiger partial charge on any atom is -0.504 e. The van der Waals surface area contributed by atoms with Crippen molar-refractivity contribution in [2.75, 3.05) is 0 Å². The number of hydrazone groups is 1. The number of para-hydroxylation sites is 1. The molecule has 3 rings (SSSR count). The van der Waals surface area contributed by atoms with Gasteiger partial charge in [-0.2, -0.15) is 5.10 Å². The molecular formula is C21H16Cl2N2O4. The van der Waals surface area contributed by atoms with E-state index < -0.39 is 5.91 Å². The molecule has 0 fully saturated rings. The molecule has 0 aliphatic heterocycles. The van der Waals surface area contributed by atoms with Crippen molar-refractivity contribution in [2.45, 2.75) is 6.61 Å². The Morgan fingerprint density at radius 1 is 1.03 bits per heavy atom. The summed E-state index contributed by atoms with van der Waals surface area (Å²) in [7, 11) is 0. The molecule has 3 aromatic rings. The van der Waals surface area contributed by atoms with E-state index in [9.17, 15) is 15.0 Å². The normalized spacial score (nSPS) is 10.8. The fourth-order valence-electron chi connectivity index (χ4n) is 2.42. The molecule has 1 amide bonds. The molecule has 0 heterocycles. The van der Waals surface area contributed by atoms with Crippen molar-refractivity contribution in [1.29, 1.82) is 0 Å². The number of ether oxygens (including phenoxy) is 1. The van der Waals surface area contributed by atoms with Crippen LogP contribution in [0.3, 0.4) is 0 Å². The van der Waals surface area contributed by atoms with Gasteiger partial charge < -0.3 is 14.9 Å². The number of rotatable bonds is 6. The summed E-state index contributed by atoms with van der Waals surface area (Å²) >= 11 is 12.0. The predicted molar refractivity (Wildman–Crippen MR) is 112 cm³/mol. The molecule has 0 spiro atoms. The first-order chi connectivity index (χ1) is 13.9. The van der Waals surface area contributed by atoms with Crippen LogP contribution >= 0.6 is 23.2 Å². The van der Waals surface area contributed by atoms with Gasteiger partial charge in [0.25, 0.3) is 5.91 Å². The fraction of sp³-hybridized carbons (Fsp3) is 0.0476. The van der Waals surface area contributed by atoms with Gasteiger partial charge >= 0.3 is 0 Å². The highest BCUT2D eigenvalue weighted by atomic mass is 35.5. The first-order valence-corrected chi connectivity index (χ1v) is 9.21. The van der Waals surface area contributed by atoms with Crippen molar-refractivity contribution in [3.8, 4) is 17.2 Å². The van der Waals surface area contributed by atoms with E-state index in [0.29, 0.717) is 26.9 Å². The van der Waals surface area contributed by atoms with Crippen molar-refractivity contribution in [3.05, 3.63) is 87.4 Å². The molecule has 29 heavy (non-hydrogen) atoms. The van der Waals surface area contributed by atoms with Gasteiger partial charge in [0.05, 0.1) is 11.8 Å². The van der Waals surface area contributed by atoms with Crippen molar-refractivity contribution in [3.63, 3.8) is 0 Å². The summed E-state index contributed by atoms with van der Waals surface area (Å²) in [5, 5.41) is 23.6. The SMILES string of the molecule is O=C(N/N=C\c1ccc(O)c(O)c1)c1ccccc1OCc1ccc(Cl)cc1Cl. The second-order valence-corrected chi connectivity index (χ2v) is 6.81. The third-order valence-corrected chi connectivity index (χ3v) is 4.50. The summed E-state index contributed by atoms with van der Waals surface area (Å²) < 4.78 is 5.76. The predicted octanol–water partition coefficient (Wildman–Crippen LogP) is 4.75. The number of carbonyl (C=O) groups is 1. The maximum atomic E-state index is 12.5. The van der Waals surface area contributed by atoms with Crippen molar-refractivity contribution >= 4 is 35.3 Å². The second-order valence-electron chi connectivity index (χ2n) is 5.97. The number of phenols is 2. The van der Waals surface area contributed by atoms with Crippen LogP contribution in [0.4, 0.5) is 0 Å². The number of amides is 1. The number of phenolic OH excluding ortho intramolecular Hbond substituents is 2. The Balaban J connectivity index is 1.68. The maximum Gasteiger partial charge on any atom is 0.275 e. The van der Waals surface area contributed by atoms with Crippen LogP contribution in [0.15, 0.2) is 65.8 Å². The van der Waals surface area contributed by atoms with Gasteiger partial charge in [0.2, 0.25) is 0 Å². The molecule has 6 nitrogen and oxygen atoms in total. The van der Waals surface area contributed by atoms with Crippen LogP contribution in [0.2, 0.25) is 10.0 Å². The van der Waals surface area contributed by atoms with E-state index in [1.165, 1.54) is 24.4 Å². The van der Waals surface area contributed by atoms with Crippen LogP contribution in [0.5, 0.6) is 17.2 Å². The summed E-state index contributed by atoms with van der Waals surface area (Å²) in [5.41, 5.74) is 3.93. The van der Waals surface area contributed by atoms with Crippen molar-refractivity contribution < 1.29 is 19.7 Å². The van der Waals surface area contributed by atoms with Gasteiger partial charge in [-0.1, -0.05) is 41.4 Å². The fourth-order valence-corrected chi connectivity index (χ4v) is 2.88. The molecule has 0 aromatic heterocycles. The third-order valence-electron chi connectivity index (χ3n) is 3.91. The zero-order valence-corrected chi connectivity index (χ0v) is 16.5. The van der Waals surface area contributed by atoms with Gasteiger partial charge in [-0.25, -0.2) is 5.43 Å². The number of aromatic hydroxyl groups is 2. The molecule has 0 bridgehead atoms. The van der Waals surface area contributed by atoms with Crippen LogP contribution in [-0.4, -0.2) is 22.3 Å². The van der Waals surface area contributed by atoms with E-state index in [0.717, 1.165) is 5.56 Å². The smallest absolute Gasteiger partial charge is 0.275 e. The first-order valence-electron chi connectivity index (χ1n) is 8.45. The number of hydrogen-bond acceptors (Lipinski definition) is 5. The average molecular weight is 431 g/mol. The quantitative estimate of drug-likeness (QED) is 0.299. The average Bonchev–Trinajstić information content (AvgIpc) is 2.70. The van der Waals surface area contributed by atoms with Gasteiger partial charge in [-0.15, -0.1) is 0 Å². The highest BCUT2D eigenvalue weighted by Crippen LogP contribution is 2.25. The molecular weight excluding hydrogens is 415 g/mol. The Bertz CT molecular complexity index is 1070. The summed E-state index contributed by atoms with van der Waals surface area (Å²) in [5.74, 6) is -0.617. The molecule has 0 aliphatic carbocycles. The van der Waals surface area contributed by atoms with Crippen LogP contribution in [-0.2, 0) is 6.61 Å². The zero-order valence-electron chi connectivity index (χ0n) is 15.0. The number of hydrogen-bond donors (Lipinski definition) is 3. The number of benzene rings is 3. The Kier molecular flexibility index (Phi) is 6.59. The van der Waals surface area contributed by atoms with Crippen LogP contribution < -0.4 is 10.2 Å². The van der Waals surface area contributed by atoms with E-state index >= 15 is 0 Å². The Morgan fingerprint density at radius 3 is 2.59 bits per heavy atom. The van der Waals surface area contributed by atoms with Gasteiger partial charge in [0, 0.05) is 15.6 Å². The molecule has 0 radical (unpaired) electrons. The lowest BCUT2D eigenvalue weighted by molar-refractivity contribution is 0.0950. The lowest BCUT2D eigenvalue weighted by atomic mass is 10.2. The van der Waals surface area contributed by atoms with Crippen molar-refractivity contribution in [1.82, 2.24) is 5.43 Å². The number of halogens is 2. The summed E-state index contributed by atoms with van der Waals surface area (Å²) in [6, 6.07) is 16.0. The van der Waals surface area contributed by atoms with E-state index in [1.54, 1.807) is 42.5 Å². The maximum absolute atomic E-state index is 12.5. The zero-order chi connectivity index (χ0) is 20.8. The van der Waals surface area contributed by atoms with Crippen LogP contribution in [0.1, 0.15) is 21.5 Å². The molecule has 3 N–H and O–H groups in total. The molecule has 0 aliphatic rings. The molecule has 3 aromatic carbocycles. The minimum atomic E-state index is -0.470. The van der Waals surface area contributed by atoms with E-state index in [2.05, 4.69) is 10.5 Å². The van der Waals surface area contributed by atoms with Gasteiger partial charge in [-0.3, -0.25) is 4.79 Å². The Hall–Kier alpha value is -3.22. The van der Waals surface area contributed by atoms with Crippen LogP contribution in [0, 0.1) is 0 Å². The molecule has 0 unspecified atom stereocenters. The molecule has 0 atom stereocenters. The van der Waals surface area contributed by atoms with Crippen molar-refractivity contribution in [2.24, 2.45) is 5.10 Å². The first kappa shape index (κ1) is 20.5. The van der Waals surface area contributed by atoms with E-state index in [1.807, 2.05) is 0 Å². The van der Waals surface area contributed by atoms with E-state index in [4.69, 9.17) is 27.9 Å². The largest absolute Gasteiger partial charge is 0.504 e. The lowest BCUT2D eigenvalue weighted by Crippen LogP contribution is -2.18. The molecule has 148 valence electrons. The third kappa shape index (κ3) is 5.40. The van der Waals surface area contributed by atoms with Gasteiger partial charge in [0.1, 0.15) is 12.4 Å². The minimum absolute atomic E-state index is 0.163. The summed E-state index contributed by atoms with van der Waals surface area (Å²) in [6.45, 7) is 0.163. The highest BCUT2D eigenvalue weighted by molar-refractivity contribution is 6.35. The Morgan fingerprint density at radius 2 is 1.83 bits per heavy atom. The molecule has 0 saturated carbocycles.